The molecule has 1 saturated carbocycles. The first-order valence-electron chi connectivity index (χ1n) is 12.5. The molecule has 5 heteroatoms. The van der Waals surface area contributed by atoms with Crippen LogP contribution in [0.3, 0.4) is 0 Å². The summed E-state index contributed by atoms with van der Waals surface area (Å²) in [7, 11) is 1.52. The summed E-state index contributed by atoms with van der Waals surface area (Å²) in [5, 5.41) is 22.8. The maximum Gasteiger partial charge on any atom is 0.239 e. The molecule has 3 aliphatic rings. The van der Waals surface area contributed by atoms with Gasteiger partial charge in [-0.15, -0.1) is 0 Å². The summed E-state index contributed by atoms with van der Waals surface area (Å²) in [6.45, 7) is 9.28. The average Bonchev–Trinajstić information content (AvgIpc) is 3.03. The molecular formula is C30H34O5. The van der Waals surface area contributed by atoms with Gasteiger partial charge in [-0.1, -0.05) is 52.0 Å². The number of benzene rings is 3. The lowest BCUT2D eigenvalue weighted by atomic mass is 9.52. The van der Waals surface area contributed by atoms with Gasteiger partial charge < -0.3 is 24.4 Å². The lowest BCUT2D eigenvalue weighted by molar-refractivity contribution is -0.146. The van der Waals surface area contributed by atoms with Crippen molar-refractivity contribution in [1.82, 2.24) is 0 Å². The molecule has 184 valence electrons. The van der Waals surface area contributed by atoms with E-state index in [1.807, 2.05) is 18.2 Å². The number of fused-ring (bicyclic) bond motifs is 8. The van der Waals surface area contributed by atoms with Gasteiger partial charge in [0.25, 0.3) is 0 Å². The Balaban J connectivity index is 1.64. The molecule has 2 atom stereocenters. The predicted molar refractivity (Wildman–Crippen MR) is 136 cm³/mol. The Morgan fingerprint density at radius 2 is 1.54 bits per heavy atom. The van der Waals surface area contributed by atoms with Gasteiger partial charge in [-0.3, -0.25) is 0 Å². The van der Waals surface area contributed by atoms with Crippen molar-refractivity contribution in [2.24, 2.45) is 10.8 Å². The smallest absolute Gasteiger partial charge is 0.239 e. The van der Waals surface area contributed by atoms with Gasteiger partial charge in [0.05, 0.1) is 6.61 Å². The number of hydrogen-bond donors (Lipinski definition) is 2. The summed E-state index contributed by atoms with van der Waals surface area (Å²) >= 11 is 0. The van der Waals surface area contributed by atoms with Crippen molar-refractivity contribution in [2.45, 2.75) is 64.8 Å². The van der Waals surface area contributed by atoms with Crippen LogP contribution in [0.15, 0.2) is 42.5 Å². The van der Waals surface area contributed by atoms with Crippen molar-refractivity contribution in [3.05, 3.63) is 53.6 Å². The van der Waals surface area contributed by atoms with Crippen LogP contribution in [0.2, 0.25) is 0 Å². The Kier molecular flexibility index (Phi) is 4.78. The van der Waals surface area contributed by atoms with Crippen molar-refractivity contribution in [1.29, 1.82) is 0 Å². The summed E-state index contributed by atoms with van der Waals surface area (Å²) in [5.41, 5.74) is 5.12. The topological polar surface area (TPSA) is 68.2 Å². The second-order valence-electron chi connectivity index (χ2n) is 12.2. The van der Waals surface area contributed by atoms with E-state index in [1.165, 1.54) is 35.8 Å². The minimum absolute atomic E-state index is 0.162. The van der Waals surface area contributed by atoms with Gasteiger partial charge in [0.2, 0.25) is 6.29 Å². The van der Waals surface area contributed by atoms with Gasteiger partial charge >= 0.3 is 0 Å². The summed E-state index contributed by atoms with van der Waals surface area (Å²) < 4.78 is 17.4. The second-order valence-corrected chi connectivity index (χ2v) is 12.2. The van der Waals surface area contributed by atoms with E-state index < -0.39 is 12.4 Å². The molecule has 0 bridgehead atoms. The molecule has 2 unspecified atom stereocenters. The zero-order chi connectivity index (χ0) is 24.8. The standard InChI is InChI=1S/C30H34O5/c1-28(2)14-29(3,4)16-30(15-28)20-9-7-6-8-17(20)26-19-11-23-24(10-18(19)22(32)12-21(26)30)35-27(33-5)25(13-31)34-23/h6-12,25,27,31-32H,13-16H2,1-5H3. The zero-order valence-electron chi connectivity index (χ0n) is 21.1. The fourth-order valence-electron chi connectivity index (χ4n) is 7.77. The number of methoxy groups -OCH3 is 1. The fourth-order valence-corrected chi connectivity index (χ4v) is 7.77. The van der Waals surface area contributed by atoms with E-state index in [0.717, 1.165) is 23.6 Å². The number of ether oxygens (including phenoxy) is 3. The highest BCUT2D eigenvalue weighted by atomic mass is 16.7. The molecule has 3 aromatic rings. The largest absolute Gasteiger partial charge is 0.507 e. The van der Waals surface area contributed by atoms with E-state index in [1.54, 1.807) is 0 Å². The maximum absolute atomic E-state index is 11.3. The zero-order valence-corrected chi connectivity index (χ0v) is 21.1. The Bertz CT molecular complexity index is 1320. The van der Waals surface area contributed by atoms with Crippen molar-refractivity contribution in [3.63, 3.8) is 0 Å². The minimum atomic E-state index is -0.711. The van der Waals surface area contributed by atoms with E-state index in [-0.39, 0.29) is 28.6 Å². The van der Waals surface area contributed by atoms with E-state index >= 15 is 0 Å². The van der Waals surface area contributed by atoms with Crippen LogP contribution in [0, 0.1) is 10.8 Å². The lowest BCUT2D eigenvalue weighted by Gasteiger charge is -2.51. The van der Waals surface area contributed by atoms with Crippen molar-refractivity contribution >= 4 is 10.8 Å². The number of hydrogen-bond acceptors (Lipinski definition) is 5. The van der Waals surface area contributed by atoms with Gasteiger partial charge in [0.15, 0.2) is 17.6 Å². The van der Waals surface area contributed by atoms with Crippen LogP contribution in [0.1, 0.15) is 58.1 Å². The highest BCUT2D eigenvalue weighted by molar-refractivity contribution is 6.06. The van der Waals surface area contributed by atoms with Crippen molar-refractivity contribution in [2.75, 3.05) is 13.7 Å². The van der Waals surface area contributed by atoms with E-state index in [4.69, 9.17) is 14.2 Å². The normalized spacial score (nSPS) is 24.9. The fraction of sp³-hybridized carbons (Fsp3) is 0.467. The van der Waals surface area contributed by atoms with Gasteiger partial charge in [0, 0.05) is 17.9 Å². The van der Waals surface area contributed by atoms with Crippen LogP contribution in [-0.2, 0) is 10.2 Å². The quantitative estimate of drug-likeness (QED) is 0.466. The Labute approximate surface area is 206 Å². The van der Waals surface area contributed by atoms with E-state index in [9.17, 15) is 10.2 Å². The molecule has 6 rings (SSSR count). The van der Waals surface area contributed by atoms with Crippen LogP contribution in [0.5, 0.6) is 17.2 Å². The maximum atomic E-state index is 11.3. The molecule has 1 heterocycles. The molecule has 0 saturated heterocycles. The third-order valence-corrected chi connectivity index (χ3v) is 8.16. The van der Waals surface area contributed by atoms with Crippen LogP contribution >= 0.6 is 0 Å². The summed E-state index contributed by atoms with van der Waals surface area (Å²) in [5.74, 6) is 1.31. The third kappa shape index (κ3) is 3.28. The van der Waals surface area contributed by atoms with Crippen LogP contribution in [-0.4, -0.2) is 36.3 Å². The van der Waals surface area contributed by atoms with Crippen molar-refractivity contribution < 1.29 is 24.4 Å². The second kappa shape index (κ2) is 7.37. The molecule has 0 aromatic heterocycles. The summed E-state index contributed by atoms with van der Waals surface area (Å²) in [6, 6.07) is 14.5. The van der Waals surface area contributed by atoms with Crippen LogP contribution in [0.4, 0.5) is 0 Å². The van der Waals surface area contributed by atoms with E-state index in [0.29, 0.717) is 11.5 Å². The Morgan fingerprint density at radius 1 is 0.886 bits per heavy atom. The third-order valence-electron chi connectivity index (χ3n) is 8.16. The molecule has 2 N–H and O–H groups in total. The van der Waals surface area contributed by atoms with Crippen LogP contribution in [0.25, 0.3) is 21.9 Å². The number of phenols is 1. The molecule has 0 amide bonds. The van der Waals surface area contributed by atoms with Crippen molar-refractivity contribution in [3.8, 4) is 28.4 Å². The lowest BCUT2D eigenvalue weighted by Crippen LogP contribution is -2.44. The van der Waals surface area contributed by atoms with Gasteiger partial charge in [0.1, 0.15) is 5.75 Å². The SMILES string of the molecule is COC1Oc2cc3c(O)cc4c(c3cc2OC1CO)-c1ccccc1C41CC(C)(C)CC(C)(C)C1. The van der Waals surface area contributed by atoms with E-state index in [2.05, 4.69) is 52.0 Å². The number of aromatic hydroxyl groups is 1. The molecule has 1 fully saturated rings. The van der Waals surface area contributed by atoms with Gasteiger partial charge in [-0.25, -0.2) is 0 Å². The molecule has 2 aliphatic carbocycles. The molecular weight excluding hydrogens is 440 g/mol. The average molecular weight is 475 g/mol. The molecule has 1 aliphatic heterocycles. The van der Waals surface area contributed by atoms with Gasteiger partial charge in [-0.05, 0) is 75.9 Å². The number of aliphatic hydroxyl groups is 1. The first-order chi connectivity index (χ1) is 16.6. The monoisotopic (exact) mass is 474 g/mol. The van der Waals surface area contributed by atoms with Crippen LogP contribution < -0.4 is 9.47 Å². The molecule has 1 spiro atoms. The number of aliphatic hydroxyl groups excluding tert-OH is 1. The first kappa shape index (κ1) is 22.7. The molecule has 35 heavy (non-hydrogen) atoms. The number of phenolic OH excluding ortho intramolecular Hbond substituents is 1. The Hall–Kier alpha value is -2.76. The predicted octanol–water partition coefficient (Wildman–Crippen LogP) is 6.15. The highest BCUT2D eigenvalue weighted by Crippen LogP contribution is 2.65. The summed E-state index contributed by atoms with van der Waals surface area (Å²) in [4.78, 5) is 0. The Morgan fingerprint density at radius 3 is 2.23 bits per heavy atom. The molecule has 3 aromatic carbocycles. The van der Waals surface area contributed by atoms with Gasteiger partial charge in [-0.2, -0.15) is 0 Å². The molecule has 5 nitrogen and oxygen atoms in total. The highest BCUT2D eigenvalue weighted by Gasteiger charge is 2.53. The first-order valence-corrected chi connectivity index (χ1v) is 12.5. The minimum Gasteiger partial charge on any atom is -0.507 e. The summed E-state index contributed by atoms with van der Waals surface area (Å²) in [6.07, 6.45) is 1.91. The number of rotatable bonds is 2. The molecule has 0 radical (unpaired) electrons.